The minimum absolute atomic E-state index is 0.0358. The van der Waals surface area contributed by atoms with Gasteiger partial charge in [-0.3, -0.25) is 0 Å². The van der Waals surface area contributed by atoms with Crippen LogP contribution in [0.15, 0.2) is 60.7 Å². The molecule has 2 aromatic carbocycles. The number of fused-ring (bicyclic) bond motifs is 1. The lowest BCUT2D eigenvalue weighted by atomic mass is 10.1. The molecule has 4 nitrogen and oxygen atoms in total. The molecule has 0 atom stereocenters. The first-order valence-electron chi connectivity index (χ1n) is 7.63. The van der Waals surface area contributed by atoms with Crippen molar-refractivity contribution < 1.29 is 9.13 Å². The number of halogens is 3. The van der Waals surface area contributed by atoms with Gasteiger partial charge in [-0.05, 0) is 41.4 Å². The summed E-state index contributed by atoms with van der Waals surface area (Å²) < 4.78 is 18.9. The van der Waals surface area contributed by atoms with Crippen molar-refractivity contribution in [2.45, 2.75) is 0 Å². The zero-order chi connectivity index (χ0) is 18.1. The number of nitrogens with zero attached hydrogens (tertiary/aromatic N) is 3. The van der Waals surface area contributed by atoms with Crippen LogP contribution in [-0.4, -0.2) is 15.0 Å². The topological polar surface area (TPSA) is 47.9 Å². The molecular formula is C19H10Cl2FN3O. The fourth-order valence-electron chi connectivity index (χ4n) is 2.54. The van der Waals surface area contributed by atoms with E-state index in [1.807, 2.05) is 30.3 Å². The highest BCUT2D eigenvalue weighted by Gasteiger charge is 2.15. The number of ether oxygens (including phenoxy) is 1. The first-order valence-corrected chi connectivity index (χ1v) is 8.38. The van der Waals surface area contributed by atoms with E-state index in [9.17, 15) is 4.39 Å². The highest BCUT2D eigenvalue weighted by Crippen LogP contribution is 2.34. The Labute approximate surface area is 158 Å². The van der Waals surface area contributed by atoms with Gasteiger partial charge in [0.2, 0.25) is 11.2 Å². The summed E-state index contributed by atoms with van der Waals surface area (Å²) in [5.74, 6) is 0.388. The highest BCUT2D eigenvalue weighted by atomic mass is 35.5. The van der Waals surface area contributed by atoms with Gasteiger partial charge in [0, 0.05) is 11.6 Å². The largest absolute Gasteiger partial charge is 0.439 e. The van der Waals surface area contributed by atoms with Crippen LogP contribution >= 0.6 is 23.2 Å². The third-order valence-electron chi connectivity index (χ3n) is 3.68. The summed E-state index contributed by atoms with van der Waals surface area (Å²) in [5.41, 5.74) is 2.54. The molecule has 2 aromatic heterocycles. The first kappa shape index (κ1) is 16.7. The zero-order valence-electron chi connectivity index (χ0n) is 13.2. The SMILES string of the molecule is Fc1ccc(Oc2cc(-c3ccccc3)c3nc(Cl)nc(Cl)c3n2)cc1. The number of rotatable bonds is 3. The first-order chi connectivity index (χ1) is 12.6. The minimum atomic E-state index is -0.347. The van der Waals surface area contributed by atoms with Gasteiger partial charge in [-0.1, -0.05) is 41.9 Å². The second-order valence-electron chi connectivity index (χ2n) is 5.41. The normalized spacial score (nSPS) is 10.9. The van der Waals surface area contributed by atoms with Gasteiger partial charge in [0.1, 0.15) is 22.6 Å². The van der Waals surface area contributed by atoms with Gasteiger partial charge in [0.25, 0.3) is 0 Å². The lowest BCUT2D eigenvalue weighted by molar-refractivity contribution is 0.463. The molecule has 0 N–H and O–H groups in total. The van der Waals surface area contributed by atoms with Crippen LogP contribution in [0.1, 0.15) is 0 Å². The molecule has 0 spiro atoms. The van der Waals surface area contributed by atoms with Crippen LogP contribution in [0, 0.1) is 5.82 Å². The molecule has 26 heavy (non-hydrogen) atoms. The van der Waals surface area contributed by atoms with Gasteiger partial charge in [0.15, 0.2) is 5.15 Å². The summed E-state index contributed by atoms with van der Waals surface area (Å²) >= 11 is 12.2. The fourth-order valence-corrected chi connectivity index (χ4v) is 2.96. The van der Waals surface area contributed by atoms with Gasteiger partial charge in [0.05, 0.1) is 0 Å². The Kier molecular flexibility index (Phi) is 4.41. The molecule has 0 aliphatic carbocycles. The Hall–Kier alpha value is -2.76. The molecule has 2 heterocycles. The second-order valence-corrected chi connectivity index (χ2v) is 6.11. The van der Waals surface area contributed by atoms with Crippen molar-refractivity contribution in [1.29, 1.82) is 0 Å². The Morgan fingerprint density at radius 3 is 2.27 bits per heavy atom. The Morgan fingerprint density at radius 1 is 0.808 bits per heavy atom. The molecule has 0 fully saturated rings. The maximum Gasteiger partial charge on any atom is 0.224 e. The molecule has 0 amide bonds. The van der Waals surface area contributed by atoms with E-state index in [2.05, 4.69) is 15.0 Å². The average Bonchev–Trinajstić information content (AvgIpc) is 2.64. The Bertz CT molecular complexity index is 1090. The average molecular weight is 386 g/mol. The summed E-state index contributed by atoms with van der Waals surface area (Å²) in [7, 11) is 0. The standard InChI is InChI=1S/C19H10Cl2FN3O/c20-18-17-16(24-19(21)25-18)14(11-4-2-1-3-5-11)10-15(23-17)26-13-8-6-12(22)7-9-13/h1-10H. The van der Waals surface area contributed by atoms with Crippen LogP contribution in [0.3, 0.4) is 0 Å². The van der Waals surface area contributed by atoms with E-state index < -0.39 is 0 Å². The van der Waals surface area contributed by atoms with Crippen LogP contribution in [0.25, 0.3) is 22.2 Å². The second kappa shape index (κ2) is 6.86. The van der Waals surface area contributed by atoms with E-state index in [0.29, 0.717) is 16.8 Å². The molecular weight excluding hydrogens is 376 g/mol. The molecule has 4 aromatic rings. The Morgan fingerprint density at radius 2 is 1.54 bits per heavy atom. The van der Waals surface area contributed by atoms with Crippen molar-refractivity contribution in [3.8, 4) is 22.8 Å². The summed E-state index contributed by atoms with van der Waals surface area (Å²) in [6.07, 6.45) is 0. The molecule has 0 unspecified atom stereocenters. The molecule has 0 aliphatic rings. The molecule has 0 saturated carbocycles. The van der Waals surface area contributed by atoms with Crippen molar-refractivity contribution in [2.75, 3.05) is 0 Å². The lowest BCUT2D eigenvalue weighted by Gasteiger charge is -2.11. The van der Waals surface area contributed by atoms with Crippen LogP contribution in [-0.2, 0) is 0 Å². The summed E-state index contributed by atoms with van der Waals surface area (Å²) in [5, 5.41) is 0.162. The fraction of sp³-hybridized carbons (Fsp3) is 0. The van der Waals surface area contributed by atoms with Gasteiger partial charge in [-0.25, -0.2) is 19.3 Å². The van der Waals surface area contributed by atoms with Crippen LogP contribution < -0.4 is 4.74 Å². The van der Waals surface area contributed by atoms with Gasteiger partial charge in [-0.2, -0.15) is 0 Å². The van der Waals surface area contributed by atoms with E-state index in [0.717, 1.165) is 11.1 Å². The smallest absolute Gasteiger partial charge is 0.224 e. The van der Waals surface area contributed by atoms with Crippen molar-refractivity contribution in [3.05, 3.63) is 76.9 Å². The molecule has 0 radical (unpaired) electrons. The van der Waals surface area contributed by atoms with E-state index >= 15 is 0 Å². The minimum Gasteiger partial charge on any atom is -0.439 e. The van der Waals surface area contributed by atoms with E-state index in [4.69, 9.17) is 27.9 Å². The highest BCUT2D eigenvalue weighted by molar-refractivity contribution is 6.35. The van der Waals surface area contributed by atoms with Gasteiger partial charge in [-0.15, -0.1) is 0 Å². The van der Waals surface area contributed by atoms with Gasteiger partial charge < -0.3 is 4.74 Å². The predicted molar refractivity (Wildman–Crippen MR) is 99.3 cm³/mol. The molecule has 0 aliphatic heterocycles. The van der Waals surface area contributed by atoms with Crippen molar-refractivity contribution in [2.24, 2.45) is 0 Å². The number of hydrogen-bond acceptors (Lipinski definition) is 4. The van der Waals surface area contributed by atoms with E-state index in [-0.39, 0.29) is 22.1 Å². The quantitative estimate of drug-likeness (QED) is 0.323. The Balaban J connectivity index is 1.91. The van der Waals surface area contributed by atoms with Crippen LogP contribution in [0.5, 0.6) is 11.6 Å². The summed E-state index contributed by atoms with van der Waals surface area (Å²) in [6, 6.07) is 17.0. The molecule has 128 valence electrons. The summed E-state index contributed by atoms with van der Waals surface area (Å²) in [6.45, 7) is 0. The van der Waals surface area contributed by atoms with E-state index in [1.54, 1.807) is 6.07 Å². The number of benzene rings is 2. The molecule has 0 saturated heterocycles. The zero-order valence-corrected chi connectivity index (χ0v) is 14.7. The number of hydrogen-bond donors (Lipinski definition) is 0. The monoisotopic (exact) mass is 385 g/mol. The van der Waals surface area contributed by atoms with E-state index in [1.165, 1.54) is 24.3 Å². The lowest BCUT2D eigenvalue weighted by Crippen LogP contribution is -1.96. The van der Waals surface area contributed by atoms with Crippen LogP contribution in [0.4, 0.5) is 4.39 Å². The number of aromatic nitrogens is 3. The maximum absolute atomic E-state index is 13.1. The summed E-state index contributed by atoms with van der Waals surface area (Å²) in [4.78, 5) is 12.6. The predicted octanol–water partition coefficient (Wildman–Crippen LogP) is 5.93. The van der Waals surface area contributed by atoms with Crippen molar-refractivity contribution >= 4 is 34.2 Å². The van der Waals surface area contributed by atoms with Crippen molar-refractivity contribution in [1.82, 2.24) is 15.0 Å². The molecule has 0 bridgehead atoms. The third kappa shape index (κ3) is 3.31. The van der Waals surface area contributed by atoms with Gasteiger partial charge >= 0.3 is 0 Å². The van der Waals surface area contributed by atoms with Crippen LogP contribution in [0.2, 0.25) is 10.4 Å². The van der Waals surface area contributed by atoms with Crippen molar-refractivity contribution in [3.63, 3.8) is 0 Å². The molecule has 4 rings (SSSR count). The third-order valence-corrected chi connectivity index (χ3v) is 4.11. The maximum atomic E-state index is 13.1. The number of pyridine rings is 1. The molecule has 7 heteroatoms.